The SMILES string of the molecule is CCCCC[SiH]1CCC([C@H]2CC[C@H](CCCCc3ccc(OCC(F)(F)C(F)(F)F)c(F)c3)CC2)CC1. The molecule has 1 saturated heterocycles. The van der Waals surface area contributed by atoms with Gasteiger partial charge < -0.3 is 4.74 Å². The average molecular weight is 551 g/mol. The van der Waals surface area contributed by atoms with Gasteiger partial charge in [-0.25, -0.2) is 4.39 Å². The van der Waals surface area contributed by atoms with Crippen LogP contribution in [0.1, 0.15) is 89.5 Å². The van der Waals surface area contributed by atoms with Crippen LogP contribution >= 0.6 is 0 Å². The van der Waals surface area contributed by atoms with Crippen LogP contribution in [0.15, 0.2) is 18.2 Å². The number of benzene rings is 1. The van der Waals surface area contributed by atoms with E-state index in [-0.39, 0.29) is 0 Å². The molecule has 1 aliphatic carbocycles. The lowest BCUT2D eigenvalue weighted by molar-refractivity contribution is -0.290. The zero-order valence-corrected chi connectivity index (χ0v) is 23.4. The fourth-order valence-corrected chi connectivity index (χ4v) is 9.94. The number of hydrogen-bond donors (Lipinski definition) is 0. The Hall–Kier alpha value is -1.18. The molecule has 1 aromatic rings. The summed E-state index contributed by atoms with van der Waals surface area (Å²) in [6.07, 6.45) is 10.6. The monoisotopic (exact) mass is 550 g/mol. The average Bonchev–Trinajstić information content (AvgIpc) is 2.86. The van der Waals surface area contributed by atoms with Crippen LogP contribution in [0.3, 0.4) is 0 Å². The first-order valence-corrected chi connectivity index (χ1v) is 16.9. The molecule has 0 radical (unpaired) electrons. The number of alkyl halides is 5. The molecule has 2 aliphatic rings. The second kappa shape index (κ2) is 14.3. The van der Waals surface area contributed by atoms with Crippen molar-refractivity contribution >= 4 is 8.80 Å². The number of hydrogen-bond acceptors (Lipinski definition) is 1. The molecule has 1 heterocycles. The van der Waals surface area contributed by atoms with E-state index in [0.717, 1.165) is 36.7 Å². The Morgan fingerprint density at radius 1 is 0.865 bits per heavy atom. The maximum Gasteiger partial charge on any atom is 0.456 e. The first-order chi connectivity index (χ1) is 17.6. The van der Waals surface area contributed by atoms with Crippen LogP contribution in [-0.4, -0.2) is 27.5 Å². The number of unbranched alkanes of at least 4 members (excludes halogenated alkanes) is 3. The fraction of sp³-hybridized carbons (Fsp3) is 0.793. The molecule has 212 valence electrons. The van der Waals surface area contributed by atoms with Crippen LogP contribution in [0.25, 0.3) is 0 Å². The number of ether oxygens (including phenoxy) is 1. The molecule has 3 rings (SSSR count). The maximum absolute atomic E-state index is 14.2. The molecule has 0 atom stereocenters. The van der Waals surface area contributed by atoms with Crippen LogP contribution in [0.4, 0.5) is 26.3 Å². The van der Waals surface area contributed by atoms with E-state index < -0.39 is 39.1 Å². The van der Waals surface area contributed by atoms with Crippen molar-refractivity contribution in [1.82, 2.24) is 0 Å². The first-order valence-electron chi connectivity index (χ1n) is 14.4. The standard InChI is InChI=1S/C29H44F6OSi/c1-2-3-6-17-37-18-15-25(16-19-37)24-12-9-22(10-13-24)7-4-5-8-23-11-14-27(26(30)20-23)36-21-28(31,32)29(33,34)35/h11,14,20,22,24-25,37H,2-10,12-13,15-19,21H2,1H3/t22-,24-,25?,37?. The summed E-state index contributed by atoms with van der Waals surface area (Å²) in [4.78, 5) is 0. The summed E-state index contributed by atoms with van der Waals surface area (Å²) in [7, 11) is -0.433. The van der Waals surface area contributed by atoms with Crippen molar-refractivity contribution in [2.24, 2.45) is 17.8 Å². The van der Waals surface area contributed by atoms with Gasteiger partial charge in [0.2, 0.25) is 0 Å². The Labute approximate surface area is 220 Å². The highest BCUT2D eigenvalue weighted by molar-refractivity contribution is 6.58. The van der Waals surface area contributed by atoms with Crippen molar-refractivity contribution in [2.45, 2.75) is 121 Å². The van der Waals surface area contributed by atoms with Gasteiger partial charge in [0, 0.05) is 8.80 Å². The van der Waals surface area contributed by atoms with Crippen molar-refractivity contribution in [3.8, 4) is 5.75 Å². The van der Waals surface area contributed by atoms with Gasteiger partial charge in [0.05, 0.1) is 0 Å². The molecular formula is C29H44F6OSi. The third-order valence-corrected chi connectivity index (χ3v) is 12.3. The van der Waals surface area contributed by atoms with Gasteiger partial charge in [-0.1, -0.05) is 88.9 Å². The molecule has 0 N–H and O–H groups in total. The summed E-state index contributed by atoms with van der Waals surface area (Å²) in [5.74, 6) is -3.84. The Balaban J connectivity index is 1.29. The molecular weight excluding hydrogens is 506 g/mol. The van der Waals surface area contributed by atoms with Crippen LogP contribution in [0.5, 0.6) is 5.75 Å². The zero-order valence-electron chi connectivity index (χ0n) is 22.2. The van der Waals surface area contributed by atoms with E-state index in [0.29, 0.717) is 12.0 Å². The normalized spacial score (nSPS) is 25.3. The van der Waals surface area contributed by atoms with E-state index in [1.54, 1.807) is 18.1 Å². The molecule has 0 amide bonds. The van der Waals surface area contributed by atoms with Gasteiger partial charge in [-0.3, -0.25) is 0 Å². The van der Waals surface area contributed by atoms with Gasteiger partial charge in [-0.15, -0.1) is 0 Å². The summed E-state index contributed by atoms with van der Waals surface area (Å²) in [6, 6.07) is 8.56. The third-order valence-electron chi connectivity index (χ3n) is 8.81. The van der Waals surface area contributed by atoms with Crippen molar-refractivity contribution < 1.29 is 31.1 Å². The Morgan fingerprint density at radius 2 is 1.54 bits per heavy atom. The lowest BCUT2D eigenvalue weighted by Gasteiger charge is -2.37. The molecule has 37 heavy (non-hydrogen) atoms. The smallest absolute Gasteiger partial charge is 0.456 e. The van der Waals surface area contributed by atoms with Gasteiger partial charge in [-0.05, 0) is 61.1 Å². The van der Waals surface area contributed by atoms with Crippen molar-refractivity contribution in [2.75, 3.05) is 6.61 Å². The Kier molecular flexibility index (Phi) is 11.7. The topological polar surface area (TPSA) is 9.23 Å². The minimum Gasteiger partial charge on any atom is -0.484 e. The van der Waals surface area contributed by atoms with Crippen LogP contribution in [0, 0.1) is 23.6 Å². The molecule has 8 heteroatoms. The number of halogens is 6. The Morgan fingerprint density at radius 3 is 2.16 bits per heavy atom. The van der Waals surface area contributed by atoms with Gasteiger partial charge in [-0.2, -0.15) is 22.0 Å². The van der Waals surface area contributed by atoms with Crippen molar-refractivity contribution in [1.29, 1.82) is 0 Å². The highest BCUT2D eigenvalue weighted by Crippen LogP contribution is 2.42. The predicted octanol–water partition coefficient (Wildman–Crippen LogP) is 9.75. The molecule has 1 aromatic carbocycles. The minimum atomic E-state index is -5.73. The summed E-state index contributed by atoms with van der Waals surface area (Å²) in [5.41, 5.74) is 0.699. The Bertz CT molecular complexity index is 798. The molecule has 0 aromatic heterocycles. The van der Waals surface area contributed by atoms with Crippen molar-refractivity contribution in [3.05, 3.63) is 29.6 Å². The van der Waals surface area contributed by atoms with Crippen LogP contribution in [0.2, 0.25) is 18.1 Å². The summed E-state index contributed by atoms with van der Waals surface area (Å²) in [6.45, 7) is 0.354. The van der Waals surface area contributed by atoms with Gasteiger partial charge in [0.25, 0.3) is 0 Å². The highest BCUT2D eigenvalue weighted by Gasteiger charge is 2.58. The maximum atomic E-state index is 14.2. The fourth-order valence-electron chi connectivity index (χ4n) is 6.41. The second-order valence-corrected chi connectivity index (χ2v) is 15.0. The van der Waals surface area contributed by atoms with Crippen LogP contribution < -0.4 is 4.74 Å². The van der Waals surface area contributed by atoms with E-state index in [4.69, 9.17) is 0 Å². The van der Waals surface area contributed by atoms with E-state index in [1.165, 1.54) is 76.3 Å². The zero-order chi connectivity index (χ0) is 26.9. The second-order valence-electron chi connectivity index (χ2n) is 11.6. The first kappa shape index (κ1) is 30.4. The predicted molar refractivity (Wildman–Crippen MR) is 140 cm³/mol. The quantitative estimate of drug-likeness (QED) is 0.135. The molecule has 0 unspecified atom stereocenters. The highest BCUT2D eigenvalue weighted by atomic mass is 28.3. The molecule has 1 aliphatic heterocycles. The minimum absolute atomic E-state index is 0.433. The number of aryl methyl sites for hydroxylation is 1. The molecule has 0 bridgehead atoms. The summed E-state index contributed by atoms with van der Waals surface area (Å²) >= 11 is 0. The van der Waals surface area contributed by atoms with Gasteiger partial charge in [0.15, 0.2) is 18.2 Å². The van der Waals surface area contributed by atoms with Gasteiger partial charge >= 0.3 is 12.1 Å². The summed E-state index contributed by atoms with van der Waals surface area (Å²) in [5, 5.41) is 0. The largest absolute Gasteiger partial charge is 0.484 e. The molecule has 2 fully saturated rings. The van der Waals surface area contributed by atoms with E-state index in [9.17, 15) is 26.3 Å². The van der Waals surface area contributed by atoms with Crippen LogP contribution in [-0.2, 0) is 6.42 Å². The van der Waals surface area contributed by atoms with Crippen molar-refractivity contribution in [3.63, 3.8) is 0 Å². The lowest BCUT2D eigenvalue weighted by atomic mass is 9.73. The lowest BCUT2D eigenvalue weighted by Crippen LogP contribution is -2.41. The third kappa shape index (κ3) is 9.50. The summed E-state index contributed by atoms with van der Waals surface area (Å²) < 4.78 is 81.3. The molecule has 1 saturated carbocycles. The molecule has 1 nitrogen and oxygen atoms in total. The van der Waals surface area contributed by atoms with Gasteiger partial charge in [0.1, 0.15) is 0 Å². The van der Waals surface area contributed by atoms with E-state index >= 15 is 0 Å². The van der Waals surface area contributed by atoms with E-state index in [2.05, 4.69) is 11.7 Å². The molecule has 0 spiro atoms. The number of rotatable bonds is 13. The van der Waals surface area contributed by atoms with E-state index in [1.807, 2.05) is 0 Å².